The third-order valence-corrected chi connectivity index (χ3v) is 2.48. The fourth-order valence-electron chi connectivity index (χ4n) is 1.66. The summed E-state index contributed by atoms with van der Waals surface area (Å²) in [5.74, 6) is -0.717. The quantitative estimate of drug-likeness (QED) is 0.777. The van der Waals surface area contributed by atoms with Crippen LogP contribution >= 0.6 is 0 Å². The van der Waals surface area contributed by atoms with E-state index in [2.05, 4.69) is 10.3 Å². The number of carboxylic acids is 1. The summed E-state index contributed by atoms with van der Waals surface area (Å²) >= 11 is 0. The number of nitrogens with zero attached hydrogens (tertiary/aromatic N) is 3. The Kier molecular flexibility index (Phi) is 3.27. The smallest absolute Gasteiger partial charge is 0.145 e. The molecular formula is C12H12N3O3-. The van der Waals surface area contributed by atoms with E-state index in [-0.39, 0.29) is 5.69 Å². The molecule has 0 fully saturated rings. The summed E-state index contributed by atoms with van der Waals surface area (Å²) in [7, 11) is 0. The van der Waals surface area contributed by atoms with Gasteiger partial charge in [-0.2, -0.15) is 0 Å². The minimum atomic E-state index is -1.34. The highest BCUT2D eigenvalue weighted by atomic mass is 16.5. The first-order valence-electron chi connectivity index (χ1n) is 5.51. The fraction of sp³-hybridized carbons (Fsp3) is 0.250. The fourth-order valence-corrected chi connectivity index (χ4v) is 1.66. The number of para-hydroxylation sites is 2. The Balaban J connectivity index is 2.52. The van der Waals surface area contributed by atoms with Gasteiger partial charge in [0.15, 0.2) is 0 Å². The molecule has 0 unspecified atom stereocenters. The number of hydrogen-bond donors (Lipinski definition) is 0. The first kappa shape index (κ1) is 12.1. The van der Waals surface area contributed by atoms with Gasteiger partial charge in [0.25, 0.3) is 0 Å². The maximum Gasteiger partial charge on any atom is 0.145 e. The molecule has 2 rings (SSSR count). The number of rotatable bonds is 4. The zero-order valence-electron chi connectivity index (χ0n) is 10.1. The molecule has 0 amide bonds. The van der Waals surface area contributed by atoms with Crippen molar-refractivity contribution in [3.63, 3.8) is 0 Å². The minimum Gasteiger partial charge on any atom is -0.543 e. The van der Waals surface area contributed by atoms with E-state index in [1.165, 1.54) is 4.68 Å². The molecule has 1 heterocycles. The first-order valence-corrected chi connectivity index (χ1v) is 5.51. The maximum atomic E-state index is 10.8. The van der Waals surface area contributed by atoms with E-state index >= 15 is 0 Å². The van der Waals surface area contributed by atoms with Crippen LogP contribution in [0.5, 0.6) is 5.75 Å². The molecule has 0 bridgehead atoms. The van der Waals surface area contributed by atoms with Gasteiger partial charge in [0, 0.05) is 0 Å². The molecular weight excluding hydrogens is 234 g/mol. The van der Waals surface area contributed by atoms with Crippen molar-refractivity contribution >= 4 is 5.97 Å². The molecule has 0 N–H and O–H groups in total. The maximum absolute atomic E-state index is 10.8. The van der Waals surface area contributed by atoms with E-state index in [0.29, 0.717) is 23.7 Å². The summed E-state index contributed by atoms with van der Waals surface area (Å²) in [5.41, 5.74) is 0.889. The van der Waals surface area contributed by atoms with Crippen LogP contribution in [0.25, 0.3) is 5.69 Å². The van der Waals surface area contributed by atoms with Crippen molar-refractivity contribution in [3.05, 3.63) is 35.7 Å². The molecule has 0 atom stereocenters. The Morgan fingerprint density at radius 1 is 1.44 bits per heavy atom. The normalized spacial score (nSPS) is 10.3. The molecule has 0 aliphatic rings. The van der Waals surface area contributed by atoms with Crippen LogP contribution in [0.4, 0.5) is 0 Å². The molecule has 0 spiro atoms. The number of aromatic carboxylic acids is 1. The minimum absolute atomic E-state index is 0.165. The second-order valence-corrected chi connectivity index (χ2v) is 3.62. The molecule has 1 aromatic carbocycles. The van der Waals surface area contributed by atoms with Crippen molar-refractivity contribution in [3.8, 4) is 11.4 Å². The summed E-state index contributed by atoms with van der Waals surface area (Å²) < 4.78 is 6.89. The topological polar surface area (TPSA) is 80.1 Å². The lowest BCUT2D eigenvalue weighted by molar-refractivity contribution is -0.255. The number of hydrogen-bond acceptors (Lipinski definition) is 5. The number of ether oxygens (including phenoxy) is 1. The van der Waals surface area contributed by atoms with Crippen molar-refractivity contribution in [1.29, 1.82) is 0 Å². The van der Waals surface area contributed by atoms with Gasteiger partial charge in [-0.25, -0.2) is 4.68 Å². The van der Waals surface area contributed by atoms with E-state index in [9.17, 15) is 9.90 Å². The standard InChI is InChI=1S/C12H13N3O3/c1-3-18-10-7-5-4-6-9(10)15-8(2)11(12(16)17)13-14-15/h4-7H,3H2,1-2H3,(H,16,17)/p-1. The van der Waals surface area contributed by atoms with Gasteiger partial charge in [0.2, 0.25) is 0 Å². The van der Waals surface area contributed by atoms with Crippen molar-refractivity contribution < 1.29 is 14.6 Å². The number of aromatic nitrogens is 3. The second-order valence-electron chi connectivity index (χ2n) is 3.62. The van der Waals surface area contributed by atoms with Gasteiger partial charge >= 0.3 is 0 Å². The predicted molar refractivity (Wildman–Crippen MR) is 61.6 cm³/mol. The molecule has 1 aromatic heterocycles. The Morgan fingerprint density at radius 3 is 2.78 bits per heavy atom. The lowest BCUT2D eigenvalue weighted by Crippen LogP contribution is -2.23. The van der Waals surface area contributed by atoms with Crippen LogP contribution in [-0.4, -0.2) is 27.6 Å². The van der Waals surface area contributed by atoms with Crippen molar-refractivity contribution in [2.75, 3.05) is 6.61 Å². The Labute approximate surface area is 104 Å². The van der Waals surface area contributed by atoms with Crippen molar-refractivity contribution in [2.45, 2.75) is 13.8 Å². The van der Waals surface area contributed by atoms with E-state index < -0.39 is 5.97 Å². The SMILES string of the molecule is CCOc1ccccc1-n1nnc(C(=O)[O-])c1C. The predicted octanol–water partition coefficient (Wildman–Crippen LogP) is 0.338. The average molecular weight is 246 g/mol. The highest BCUT2D eigenvalue weighted by Gasteiger charge is 2.13. The van der Waals surface area contributed by atoms with Gasteiger partial charge < -0.3 is 14.6 Å². The molecule has 94 valence electrons. The van der Waals surface area contributed by atoms with Crippen LogP contribution in [0.3, 0.4) is 0 Å². The van der Waals surface area contributed by atoms with Crippen LogP contribution in [0.1, 0.15) is 23.1 Å². The average Bonchev–Trinajstić information content (AvgIpc) is 2.72. The molecule has 6 heteroatoms. The lowest BCUT2D eigenvalue weighted by atomic mass is 10.2. The molecule has 0 aliphatic heterocycles. The van der Waals surface area contributed by atoms with Crippen molar-refractivity contribution in [1.82, 2.24) is 15.0 Å². The molecule has 0 saturated heterocycles. The lowest BCUT2D eigenvalue weighted by Gasteiger charge is -2.10. The second kappa shape index (κ2) is 4.87. The number of carboxylic acid groups (broad SMARTS) is 1. The molecule has 0 saturated carbocycles. The Morgan fingerprint density at radius 2 is 2.17 bits per heavy atom. The Hall–Kier alpha value is -2.37. The van der Waals surface area contributed by atoms with Crippen LogP contribution in [0.2, 0.25) is 0 Å². The highest BCUT2D eigenvalue weighted by molar-refractivity contribution is 5.84. The molecule has 2 aromatic rings. The van der Waals surface area contributed by atoms with Crippen LogP contribution in [-0.2, 0) is 0 Å². The van der Waals surface area contributed by atoms with Gasteiger partial charge in [-0.3, -0.25) is 0 Å². The summed E-state index contributed by atoms with van der Waals surface area (Å²) in [6.07, 6.45) is 0. The number of carbonyl (C=O) groups is 1. The van der Waals surface area contributed by atoms with Gasteiger partial charge in [-0.05, 0) is 26.0 Å². The zero-order valence-corrected chi connectivity index (χ0v) is 10.1. The molecule has 0 radical (unpaired) electrons. The highest BCUT2D eigenvalue weighted by Crippen LogP contribution is 2.23. The van der Waals surface area contributed by atoms with E-state index in [4.69, 9.17) is 4.74 Å². The van der Waals surface area contributed by atoms with Crippen LogP contribution < -0.4 is 9.84 Å². The van der Waals surface area contributed by atoms with E-state index in [1.807, 2.05) is 19.1 Å². The number of benzene rings is 1. The van der Waals surface area contributed by atoms with Crippen molar-refractivity contribution in [2.24, 2.45) is 0 Å². The van der Waals surface area contributed by atoms with Crippen LogP contribution in [0, 0.1) is 6.92 Å². The third-order valence-electron chi connectivity index (χ3n) is 2.48. The zero-order chi connectivity index (χ0) is 13.1. The van der Waals surface area contributed by atoms with Gasteiger partial charge in [0.1, 0.15) is 17.1 Å². The van der Waals surface area contributed by atoms with Gasteiger partial charge in [-0.15, -0.1) is 5.10 Å². The monoisotopic (exact) mass is 246 g/mol. The Bertz CT molecular complexity index is 578. The summed E-state index contributed by atoms with van der Waals surface area (Å²) in [4.78, 5) is 10.8. The summed E-state index contributed by atoms with van der Waals surface area (Å²) in [5, 5.41) is 18.2. The molecule has 0 aliphatic carbocycles. The van der Waals surface area contributed by atoms with Crippen LogP contribution in [0.15, 0.2) is 24.3 Å². The summed E-state index contributed by atoms with van der Waals surface area (Å²) in [6.45, 7) is 4.00. The van der Waals surface area contributed by atoms with E-state index in [0.717, 1.165) is 0 Å². The van der Waals surface area contributed by atoms with E-state index in [1.54, 1.807) is 19.1 Å². The van der Waals surface area contributed by atoms with Gasteiger partial charge in [0.05, 0.1) is 18.3 Å². The molecule has 18 heavy (non-hydrogen) atoms. The first-order chi connectivity index (χ1) is 8.65. The van der Waals surface area contributed by atoms with Gasteiger partial charge in [-0.1, -0.05) is 17.3 Å². The largest absolute Gasteiger partial charge is 0.543 e. The molecule has 6 nitrogen and oxygen atoms in total. The third kappa shape index (κ3) is 2.04. The number of carbonyl (C=O) groups excluding carboxylic acids is 1. The summed E-state index contributed by atoms with van der Waals surface area (Å²) in [6, 6.07) is 7.22.